The van der Waals surface area contributed by atoms with E-state index in [0.717, 1.165) is 17.5 Å². The van der Waals surface area contributed by atoms with Gasteiger partial charge in [0.25, 0.3) is 11.7 Å². The van der Waals surface area contributed by atoms with Gasteiger partial charge in [0.1, 0.15) is 11.3 Å². The third kappa shape index (κ3) is 4.79. The molecule has 1 atom stereocenters. The number of hydrogen-bond donors (Lipinski definition) is 1. The molecule has 4 aromatic rings. The number of aryl methyl sites for hydroxylation is 2. The molecular weight excluding hydrogens is 508 g/mol. The van der Waals surface area contributed by atoms with Gasteiger partial charge < -0.3 is 23.9 Å². The number of aliphatic hydroxyl groups excluding tert-OH is 1. The third-order valence-corrected chi connectivity index (χ3v) is 6.97. The quantitative estimate of drug-likeness (QED) is 0.178. The number of nitrogens with zero attached hydrogens (tertiary/aromatic N) is 4. The topological polar surface area (TPSA) is 106 Å². The van der Waals surface area contributed by atoms with Crippen LogP contribution in [0, 0.1) is 13.8 Å². The van der Waals surface area contributed by atoms with Crippen molar-refractivity contribution in [2.24, 2.45) is 0 Å². The maximum Gasteiger partial charge on any atom is 0.295 e. The van der Waals surface area contributed by atoms with Gasteiger partial charge in [0, 0.05) is 25.1 Å². The van der Waals surface area contributed by atoms with Crippen molar-refractivity contribution in [3.63, 3.8) is 0 Å². The molecule has 1 aliphatic rings. The Bertz CT molecular complexity index is 1610. The second-order valence-electron chi connectivity index (χ2n) is 9.71. The van der Waals surface area contributed by atoms with Crippen LogP contribution in [-0.2, 0) is 16.1 Å². The van der Waals surface area contributed by atoms with E-state index >= 15 is 0 Å². The molecule has 0 radical (unpaired) electrons. The Hall–Kier alpha value is -4.66. The van der Waals surface area contributed by atoms with Crippen molar-refractivity contribution in [1.29, 1.82) is 0 Å². The summed E-state index contributed by atoms with van der Waals surface area (Å²) in [6, 6.07) is 11.9. The van der Waals surface area contributed by atoms with Crippen LogP contribution in [0.5, 0.6) is 11.5 Å². The van der Waals surface area contributed by atoms with Crippen LogP contribution in [0.3, 0.4) is 0 Å². The lowest BCUT2D eigenvalue weighted by molar-refractivity contribution is -0.140. The summed E-state index contributed by atoms with van der Waals surface area (Å²) in [4.78, 5) is 37.4. The van der Waals surface area contributed by atoms with Gasteiger partial charge in [-0.3, -0.25) is 14.6 Å². The van der Waals surface area contributed by atoms with Gasteiger partial charge in [-0.25, -0.2) is 4.98 Å². The molecular formula is C31H32N4O5. The van der Waals surface area contributed by atoms with Crippen LogP contribution in [0.1, 0.15) is 54.4 Å². The Labute approximate surface area is 232 Å². The monoisotopic (exact) mass is 540 g/mol. The van der Waals surface area contributed by atoms with Crippen molar-refractivity contribution in [1.82, 2.24) is 19.3 Å². The predicted octanol–water partition coefficient (Wildman–Crippen LogP) is 5.16. The predicted molar refractivity (Wildman–Crippen MR) is 150 cm³/mol. The summed E-state index contributed by atoms with van der Waals surface area (Å²) >= 11 is 0. The number of aliphatic hydroxyl groups is 1. The minimum absolute atomic E-state index is 0.0253. The first-order valence-corrected chi connectivity index (χ1v) is 13.4. The summed E-state index contributed by atoms with van der Waals surface area (Å²) in [5, 5.41) is 11.7. The second-order valence-corrected chi connectivity index (χ2v) is 9.71. The molecule has 1 unspecified atom stereocenters. The first-order valence-electron chi connectivity index (χ1n) is 13.4. The van der Waals surface area contributed by atoms with E-state index in [9.17, 15) is 14.7 Å². The zero-order chi connectivity index (χ0) is 28.4. The molecule has 40 heavy (non-hydrogen) atoms. The number of carbonyl (C=O) groups is 2. The number of hydrogen-bond acceptors (Lipinski definition) is 7. The summed E-state index contributed by atoms with van der Waals surface area (Å²) in [7, 11) is 0. The fraction of sp³-hybridized carbons (Fsp3) is 0.290. The number of benzene rings is 1. The fourth-order valence-corrected chi connectivity index (χ4v) is 5.05. The number of fused-ring (bicyclic) bond motifs is 1. The molecule has 0 spiro atoms. The summed E-state index contributed by atoms with van der Waals surface area (Å²) in [6.45, 7) is 8.69. The van der Waals surface area contributed by atoms with Gasteiger partial charge in [-0.2, -0.15) is 0 Å². The molecule has 1 aliphatic heterocycles. The Morgan fingerprint density at radius 1 is 1.05 bits per heavy atom. The molecule has 0 aliphatic carbocycles. The van der Waals surface area contributed by atoms with Crippen LogP contribution in [0.2, 0.25) is 0 Å². The first kappa shape index (κ1) is 26.9. The maximum absolute atomic E-state index is 13.6. The lowest BCUT2D eigenvalue weighted by Crippen LogP contribution is -2.29. The molecule has 1 fully saturated rings. The standard InChI is InChI=1S/C31H32N4O5/c1-5-15-40-23-12-11-22(16-24(23)39-6-2)27-25(29(37)31(38)35(27)18-21-10-7-13-32-17-21)28(36)26-20(4)34-14-8-9-19(3)30(34)33-26/h7-14,16-17,27,36H,5-6,15,18H2,1-4H3/b28-25+. The number of amides is 1. The molecule has 9 heteroatoms. The van der Waals surface area contributed by atoms with E-state index in [1.165, 1.54) is 4.90 Å². The summed E-state index contributed by atoms with van der Waals surface area (Å²) in [5.74, 6) is -0.730. The summed E-state index contributed by atoms with van der Waals surface area (Å²) < 4.78 is 13.6. The molecule has 3 aromatic heterocycles. The Kier molecular flexibility index (Phi) is 7.55. The van der Waals surface area contributed by atoms with Crippen LogP contribution in [0.4, 0.5) is 0 Å². The SMILES string of the molecule is CCCOc1ccc(C2/C(=C(\O)c3nc4c(C)cccn4c3C)C(=O)C(=O)N2Cc2cccnc2)cc1OCC. The molecule has 1 aromatic carbocycles. The van der Waals surface area contributed by atoms with E-state index in [-0.39, 0.29) is 23.6 Å². The van der Waals surface area contributed by atoms with Crippen LogP contribution in [0.25, 0.3) is 11.4 Å². The molecule has 9 nitrogen and oxygen atoms in total. The highest BCUT2D eigenvalue weighted by Gasteiger charge is 2.47. The van der Waals surface area contributed by atoms with E-state index < -0.39 is 17.7 Å². The second kappa shape index (κ2) is 11.2. The van der Waals surface area contributed by atoms with Crippen molar-refractivity contribution in [2.75, 3.05) is 13.2 Å². The number of Topliss-reactive ketones (excluding diaryl/α,β-unsaturated/α-hetero) is 1. The molecule has 5 rings (SSSR count). The van der Waals surface area contributed by atoms with Crippen molar-refractivity contribution in [3.8, 4) is 11.5 Å². The average Bonchev–Trinajstić information content (AvgIpc) is 3.43. The number of ether oxygens (including phenoxy) is 2. The molecule has 4 heterocycles. The van der Waals surface area contributed by atoms with Crippen LogP contribution in [-0.4, -0.2) is 49.3 Å². The van der Waals surface area contributed by atoms with Gasteiger partial charge in [-0.1, -0.05) is 25.1 Å². The van der Waals surface area contributed by atoms with Gasteiger partial charge in [-0.05, 0) is 68.1 Å². The normalized spacial score (nSPS) is 16.6. The Morgan fingerprint density at radius 2 is 1.88 bits per heavy atom. The minimum Gasteiger partial charge on any atom is -0.505 e. The summed E-state index contributed by atoms with van der Waals surface area (Å²) in [5.41, 5.74) is 3.83. The van der Waals surface area contributed by atoms with Crippen molar-refractivity contribution >= 4 is 23.1 Å². The molecule has 206 valence electrons. The number of rotatable bonds is 9. The van der Waals surface area contributed by atoms with Gasteiger partial charge in [-0.15, -0.1) is 0 Å². The van der Waals surface area contributed by atoms with Gasteiger partial charge in [0.15, 0.2) is 17.3 Å². The lowest BCUT2D eigenvalue weighted by Gasteiger charge is -2.26. The third-order valence-electron chi connectivity index (χ3n) is 6.97. The van der Waals surface area contributed by atoms with Crippen LogP contribution >= 0.6 is 0 Å². The fourth-order valence-electron chi connectivity index (χ4n) is 5.05. The lowest BCUT2D eigenvalue weighted by atomic mass is 9.95. The number of imidazole rings is 1. The van der Waals surface area contributed by atoms with Gasteiger partial charge in [0.05, 0.1) is 30.5 Å². The van der Waals surface area contributed by atoms with E-state index in [1.54, 1.807) is 36.7 Å². The number of carbonyl (C=O) groups excluding carboxylic acids is 2. The van der Waals surface area contributed by atoms with E-state index in [2.05, 4.69) is 9.97 Å². The van der Waals surface area contributed by atoms with Crippen LogP contribution in [0.15, 0.2) is 66.6 Å². The van der Waals surface area contributed by atoms with E-state index in [4.69, 9.17) is 9.47 Å². The largest absolute Gasteiger partial charge is 0.505 e. The van der Waals surface area contributed by atoms with Crippen molar-refractivity contribution in [3.05, 3.63) is 94.7 Å². The van der Waals surface area contributed by atoms with Crippen molar-refractivity contribution < 1.29 is 24.2 Å². The molecule has 1 amide bonds. The van der Waals surface area contributed by atoms with Crippen LogP contribution < -0.4 is 9.47 Å². The highest BCUT2D eigenvalue weighted by molar-refractivity contribution is 6.46. The number of pyridine rings is 2. The number of ketones is 1. The molecule has 1 N–H and O–H groups in total. The van der Waals surface area contributed by atoms with Gasteiger partial charge in [0.2, 0.25) is 0 Å². The molecule has 0 saturated carbocycles. The Balaban J connectivity index is 1.70. The average molecular weight is 541 g/mol. The highest BCUT2D eigenvalue weighted by Crippen LogP contribution is 2.43. The summed E-state index contributed by atoms with van der Waals surface area (Å²) in [6.07, 6.45) is 5.98. The first-order chi connectivity index (χ1) is 19.3. The number of likely N-dealkylation sites (tertiary alicyclic amines) is 1. The van der Waals surface area contributed by atoms with Crippen molar-refractivity contribution in [2.45, 2.75) is 46.7 Å². The zero-order valence-corrected chi connectivity index (χ0v) is 23.0. The van der Waals surface area contributed by atoms with E-state index in [1.807, 2.05) is 56.5 Å². The smallest absolute Gasteiger partial charge is 0.295 e. The highest BCUT2D eigenvalue weighted by atomic mass is 16.5. The number of aromatic nitrogens is 3. The molecule has 0 bridgehead atoms. The minimum atomic E-state index is -0.884. The van der Waals surface area contributed by atoms with E-state index in [0.29, 0.717) is 41.6 Å². The zero-order valence-electron chi connectivity index (χ0n) is 23.0. The maximum atomic E-state index is 13.6. The molecule has 1 saturated heterocycles. The van der Waals surface area contributed by atoms with Gasteiger partial charge >= 0.3 is 0 Å². The Morgan fingerprint density at radius 3 is 2.58 bits per heavy atom.